The van der Waals surface area contributed by atoms with Gasteiger partial charge in [0.1, 0.15) is 0 Å². The molecule has 1 amide bonds. The number of aliphatic carboxylic acids is 1. The molecule has 3 aromatic carbocycles. The van der Waals surface area contributed by atoms with Gasteiger partial charge >= 0.3 is 5.97 Å². The summed E-state index contributed by atoms with van der Waals surface area (Å²) in [6.45, 7) is 1.79. The lowest BCUT2D eigenvalue weighted by Crippen LogP contribution is -2.40. The molecule has 0 radical (unpaired) electrons. The van der Waals surface area contributed by atoms with Gasteiger partial charge in [-0.15, -0.1) is 0 Å². The zero-order valence-electron chi connectivity index (χ0n) is 16.8. The molecule has 0 saturated heterocycles. The molecular formula is C25H21Cl2NO3. The lowest BCUT2D eigenvalue weighted by Gasteiger charge is -2.34. The summed E-state index contributed by atoms with van der Waals surface area (Å²) in [6.07, 6.45) is 3.07. The predicted molar refractivity (Wildman–Crippen MR) is 124 cm³/mol. The molecule has 158 valence electrons. The molecule has 4 nitrogen and oxygen atoms in total. The molecule has 3 aromatic rings. The van der Waals surface area contributed by atoms with E-state index in [9.17, 15) is 14.7 Å². The van der Waals surface area contributed by atoms with E-state index in [0.717, 1.165) is 11.1 Å². The van der Waals surface area contributed by atoms with E-state index in [1.54, 1.807) is 61.5 Å². The number of carbonyl (C=O) groups is 2. The van der Waals surface area contributed by atoms with Gasteiger partial charge in [-0.05, 0) is 54.0 Å². The van der Waals surface area contributed by atoms with Crippen LogP contribution in [0.3, 0.4) is 0 Å². The van der Waals surface area contributed by atoms with Crippen LogP contribution in [-0.4, -0.2) is 21.9 Å². The van der Waals surface area contributed by atoms with Crippen LogP contribution in [0.5, 0.6) is 0 Å². The lowest BCUT2D eigenvalue weighted by molar-refractivity contribution is -0.150. The summed E-state index contributed by atoms with van der Waals surface area (Å²) in [4.78, 5) is 27.0. The molecule has 0 heterocycles. The minimum absolute atomic E-state index is 0.423. The van der Waals surface area contributed by atoms with Gasteiger partial charge in [0, 0.05) is 16.1 Å². The van der Waals surface area contributed by atoms with Crippen LogP contribution in [0, 0.1) is 0 Å². The highest BCUT2D eigenvalue weighted by Gasteiger charge is 2.34. The SMILES string of the molecule is CC(c1ccc(Cl)cc1)N(C(=O)C=Cc1ccccc1)C(C(=O)O)c1ccc(Cl)cc1. The van der Waals surface area contributed by atoms with Crippen LogP contribution < -0.4 is 0 Å². The summed E-state index contributed by atoms with van der Waals surface area (Å²) in [5.74, 6) is -1.56. The van der Waals surface area contributed by atoms with Crippen LogP contribution in [0.2, 0.25) is 10.0 Å². The third kappa shape index (κ3) is 5.75. The molecule has 0 saturated carbocycles. The molecule has 0 fully saturated rings. The quantitative estimate of drug-likeness (QED) is 0.419. The van der Waals surface area contributed by atoms with Crippen molar-refractivity contribution in [2.24, 2.45) is 0 Å². The second-order valence-corrected chi connectivity index (χ2v) is 7.88. The maximum atomic E-state index is 13.3. The maximum Gasteiger partial charge on any atom is 0.331 e. The van der Waals surface area contributed by atoms with Crippen LogP contribution in [0.25, 0.3) is 6.08 Å². The second-order valence-electron chi connectivity index (χ2n) is 7.01. The Bertz CT molecular complexity index is 1060. The standard InChI is InChI=1S/C25H21Cl2NO3/c1-17(19-8-12-21(26)13-9-19)28(23(29)16-7-18-5-3-2-4-6-18)24(25(30)31)20-10-14-22(27)15-11-20/h2-17,24H,1H3,(H,30,31). The number of hydrogen-bond donors (Lipinski definition) is 1. The van der Waals surface area contributed by atoms with Gasteiger partial charge in [-0.1, -0.05) is 77.8 Å². The number of carboxylic acid groups (broad SMARTS) is 1. The topological polar surface area (TPSA) is 57.6 Å². The van der Waals surface area contributed by atoms with Crippen molar-refractivity contribution in [3.05, 3.63) is 112 Å². The predicted octanol–water partition coefficient (Wildman–Crippen LogP) is 6.42. The van der Waals surface area contributed by atoms with Crippen molar-refractivity contribution < 1.29 is 14.7 Å². The smallest absolute Gasteiger partial charge is 0.331 e. The highest BCUT2D eigenvalue weighted by atomic mass is 35.5. The van der Waals surface area contributed by atoms with E-state index in [1.165, 1.54) is 11.0 Å². The molecule has 6 heteroatoms. The Balaban J connectivity index is 2.04. The van der Waals surface area contributed by atoms with E-state index >= 15 is 0 Å². The molecule has 0 aliphatic rings. The number of hydrogen-bond acceptors (Lipinski definition) is 2. The van der Waals surface area contributed by atoms with Gasteiger partial charge in [0.15, 0.2) is 6.04 Å². The minimum Gasteiger partial charge on any atom is -0.479 e. The van der Waals surface area contributed by atoms with Crippen LogP contribution >= 0.6 is 23.2 Å². The first-order valence-electron chi connectivity index (χ1n) is 9.66. The van der Waals surface area contributed by atoms with Gasteiger partial charge in [0.2, 0.25) is 5.91 Å². The van der Waals surface area contributed by atoms with Crippen LogP contribution in [0.1, 0.15) is 35.7 Å². The molecule has 31 heavy (non-hydrogen) atoms. The molecule has 0 bridgehead atoms. The summed E-state index contributed by atoms with van der Waals surface area (Å²) in [7, 11) is 0. The highest BCUT2D eigenvalue weighted by molar-refractivity contribution is 6.30. The number of rotatable bonds is 7. The Kier molecular flexibility index (Phi) is 7.50. The monoisotopic (exact) mass is 453 g/mol. The van der Waals surface area contributed by atoms with E-state index in [2.05, 4.69) is 0 Å². The average Bonchev–Trinajstić information content (AvgIpc) is 2.77. The van der Waals surface area contributed by atoms with Crippen molar-refractivity contribution in [1.82, 2.24) is 4.90 Å². The first kappa shape index (κ1) is 22.6. The van der Waals surface area contributed by atoms with E-state index in [4.69, 9.17) is 23.2 Å². The van der Waals surface area contributed by atoms with Gasteiger partial charge < -0.3 is 10.0 Å². The Labute approximate surface area is 191 Å². The van der Waals surface area contributed by atoms with Gasteiger partial charge in [-0.3, -0.25) is 4.79 Å². The zero-order chi connectivity index (χ0) is 22.4. The third-order valence-corrected chi connectivity index (χ3v) is 5.44. The van der Waals surface area contributed by atoms with Crippen molar-refractivity contribution in [3.8, 4) is 0 Å². The minimum atomic E-state index is -1.20. The highest BCUT2D eigenvalue weighted by Crippen LogP contribution is 2.32. The van der Waals surface area contributed by atoms with Crippen LogP contribution in [0.4, 0.5) is 0 Å². The van der Waals surface area contributed by atoms with Crippen molar-refractivity contribution in [1.29, 1.82) is 0 Å². The van der Waals surface area contributed by atoms with Crippen molar-refractivity contribution >= 4 is 41.2 Å². The van der Waals surface area contributed by atoms with Crippen molar-refractivity contribution in [2.75, 3.05) is 0 Å². The van der Waals surface area contributed by atoms with Crippen molar-refractivity contribution in [2.45, 2.75) is 19.0 Å². The Hall–Kier alpha value is -3.08. The number of halogens is 2. The number of carbonyl (C=O) groups excluding carboxylic acids is 1. The largest absolute Gasteiger partial charge is 0.479 e. The van der Waals surface area contributed by atoms with Gasteiger partial charge in [0.05, 0.1) is 6.04 Å². The maximum absolute atomic E-state index is 13.3. The van der Waals surface area contributed by atoms with Crippen LogP contribution in [-0.2, 0) is 9.59 Å². The van der Waals surface area contributed by atoms with Gasteiger partial charge in [-0.25, -0.2) is 4.79 Å². The fourth-order valence-electron chi connectivity index (χ4n) is 3.33. The summed E-state index contributed by atoms with van der Waals surface area (Å²) in [5, 5.41) is 11.1. The first-order valence-corrected chi connectivity index (χ1v) is 10.4. The normalized spacial score (nSPS) is 13.0. The molecule has 1 N–H and O–H groups in total. The Morgan fingerprint density at radius 3 is 1.87 bits per heavy atom. The third-order valence-electron chi connectivity index (χ3n) is 4.94. The molecule has 0 aromatic heterocycles. The Morgan fingerprint density at radius 1 is 0.839 bits per heavy atom. The summed E-state index contributed by atoms with van der Waals surface area (Å²) in [5.41, 5.74) is 2.07. The van der Waals surface area contributed by atoms with E-state index < -0.39 is 24.0 Å². The molecular weight excluding hydrogens is 433 g/mol. The lowest BCUT2D eigenvalue weighted by atomic mass is 9.99. The van der Waals surface area contributed by atoms with Crippen molar-refractivity contribution in [3.63, 3.8) is 0 Å². The number of carboxylic acids is 1. The van der Waals surface area contributed by atoms with Crippen LogP contribution in [0.15, 0.2) is 84.9 Å². The summed E-state index contributed by atoms with van der Waals surface area (Å²) >= 11 is 12.0. The first-order chi connectivity index (χ1) is 14.9. The second kappa shape index (κ2) is 10.3. The molecule has 0 aliphatic heterocycles. The van der Waals surface area contributed by atoms with E-state index in [-0.39, 0.29) is 0 Å². The van der Waals surface area contributed by atoms with E-state index in [0.29, 0.717) is 15.6 Å². The molecule has 3 rings (SSSR count). The Morgan fingerprint density at radius 2 is 1.35 bits per heavy atom. The number of amides is 1. The fourth-order valence-corrected chi connectivity index (χ4v) is 3.58. The molecule has 2 unspecified atom stereocenters. The van der Waals surface area contributed by atoms with E-state index in [1.807, 2.05) is 30.3 Å². The molecule has 0 spiro atoms. The zero-order valence-corrected chi connectivity index (χ0v) is 18.3. The number of benzene rings is 3. The fraction of sp³-hybridized carbons (Fsp3) is 0.120. The average molecular weight is 454 g/mol. The molecule has 0 aliphatic carbocycles. The molecule has 2 atom stereocenters. The van der Waals surface area contributed by atoms with Gasteiger partial charge in [-0.2, -0.15) is 0 Å². The number of nitrogens with zero attached hydrogens (tertiary/aromatic N) is 1. The summed E-state index contributed by atoms with van der Waals surface area (Å²) < 4.78 is 0. The van der Waals surface area contributed by atoms with Gasteiger partial charge in [0.25, 0.3) is 0 Å². The summed E-state index contributed by atoms with van der Waals surface area (Å²) in [6, 6.07) is 21.1.